The van der Waals surface area contributed by atoms with Gasteiger partial charge in [-0.05, 0) is 47.5 Å². The van der Waals surface area contributed by atoms with E-state index in [2.05, 4.69) is 60.7 Å². The predicted octanol–water partition coefficient (Wildman–Crippen LogP) is 12.1. The highest BCUT2D eigenvalue weighted by atomic mass is 32.1. The van der Waals surface area contributed by atoms with Crippen LogP contribution in [0.1, 0.15) is 0 Å². The Morgan fingerprint density at radius 1 is 0.236 bits per heavy atom. The van der Waals surface area contributed by atoms with Crippen molar-refractivity contribution in [1.82, 2.24) is 29.9 Å². The fourth-order valence-corrected chi connectivity index (χ4v) is 7.92. The van der Waals surface area contributed by atoms with Crippen molar-refractivity contribution in [1.29, 1.82) is 0 Å². The Morgan fingerprint density at radius 3 is 1.02 bits per heavy atom. The van der Waals surface area contributed by atoms with Crippen molar-refractivity contribution in [2.45, 2.75) is 0 Å². The molecule has 0 atom stereocenters. The summed E-state index contributed by atoms with van der Waals surface area (Å²) in [6.07, 6.45) is 0. The Kier molecular flexibility index (Phi) is 8.24. The second-order valence-electron chi connectivity index (χ2n) is 13.2. The molecule has 0 fully saturated rings. The lowest BCUT2D eigenvalue weighted by molar-refractivity contribution is 1.07. The first-order valence-electron chi connectivity index (χ1n) is 18.0. The molecule has 0 radical (unpaired) electrons. The van der Waals surface area contributed by atoms with Gasteiger partial charge in [0.15, 0.2) is 34.9 Å². The zero-order valence-corrected chi connectivity index (χ0v) is 30.2. The van der Waals surface area contributed by atoms with Gasteiger partial charge in [-0.25, -0.2) is 29.9 Å². The lowest BCUT2D eigenvalue weighted by Crippen LogP contribution is -2.02. The van der Waals surface area contributed by atoms with Gasteiger partial charge >= 0.3 is 0 Å². The van der Waals surface area contributed by atoms with Crippen LogP contribution in [0.15, 0.2) is 182 Å². The van der Waals surface area contributed by atoms with Crippen molar-refractivity contribution in [3.8, 4) is 79.5 Å². The fourth-order valence-electron chi connectivity index (χ4n) is 6.83. The van der Waals surface area contributed by atoms with Crippen molar-refractivity contribution >= 4 is 31.5 Å². The largest absolute Gasteiger partial charge is 0.208 e. The number of nitrogens with zero attached hydrogens (tertiary/aromatic N) is 6. The number of thiophene rings is 1. The van der Waals surface area contributed by atoms with Gasteiger partial charge in [0.1, 0.15) is 0 Å². The molecule has 0 unspecified atom stereocenters. The number of hydrogen-bond donors (Lipinski definition) is 0. The average Bonchev–Trinajstić information content (AvgIpc) is 3.65. The number of hydrogen-bond acceptors (Lipinski definition) is 7. The van der Waals surface area contributed by atoms with E-state index in [9.17, 15) is 0 Å². The van der Waals surface area contributed by atoms with Gasteiger partial charge in [-0.15, -0.1) is 11.3 Å². The molecule has 7 aromatic carbocycles. The maximum absolute atomic E-state index is 5.11. The van der Waals surface area contributed by atoms with Crippen LogP contribution in [0.3, 0.4) is 0 Å². The molecule has 10 aromatic rings. The lowest BCUT2D eigenvalue weighted by atomic mass is 9.97. The molecule has 3 aromatic heterocycles. The molecule has 10 rings (SSSR count). The first kappa shape index (κ1) is 32.4. The summed E-state index contributed by atoms with van der Waals surface area (Å²) in [5.74, 6) is 3.50. The van der Waals surface area contributed by atoms with E-state index >= 15 is 0 Å². The molecule has 0 aliphatic heterocycles. The second-order valence-corrected chi connectivity index (χ2v) is 14.3. The Balaban J connectivity index is 1.23. The Labute approximate surface area is 321 Å². The van der Waals surface area contributed by atoms with E-state index in [1.54, 1.807) is 0 Å². The zero-order valence-electron chi connectivity index (χ0n) is 29.4. The first-order chi connectivity index (χ1) is 27.2. The van der Waals surface area contributed by atoms with Gasteiger partial charge in [0.2, 0.25) is 0 Å². The zero-order chi connectivity index (χ0) is 36.6. The molecule has 6 nitrogen and oxygen atoms in total. The Bertz CT molecular complexity index is 2710. The molecule has 0 aliphatic carbocycles. The van der Waals surface area contributed by atoms with Gasteiger partial charge in [-0.2, -0.15) is 0 Å². The first-order valence-corrected chi connectivity index (χ1v) is 18.8. The molecule has 0 amide bonds. The van der Waals surface area contributed by atoms with E-state index in [1.807, 2.05) is 133 Å². The third kappa shape index (κ3) is 6.43. The summed E-state index contributed by atoms with van der Waals surface area (Å²) >= 11 is 1.81. The van der Waals surface area contributed by atoms with Crippen molar-refractivity contribution in [2.24, 2.45) is 0 Å². The van der Waals surface area contributed by atoms with Gasteiger partial charge in [0.25, 0.3) is 0 Å². The summed E-state index contributed by atoms with van der Waals surface area (Å²) in [7, 11) is 0. The minimum Gasteiger partial charge on any atom is -0.208 e. The third-order valence-corrected chi connectivity index (χ3v) is 10.7. The van der Waals surface area contributed by atoms with Gasteiger partial charge in [-0.3, -0.25) is 0 Å². The molecule has 0 aliphatic rings. The Morgan fingerprint density at radius 2 is 0.582 bits per heavy atom. The van der Waals surface area contributed by atoms with Crippen LogP contribution in [-0.2, 0) is 0 Å². The van der Waals surface area contributed by atoms with Crippen molar-refractivity contribution in [3.63, 3.8) is 0 Å². The molecule has 7 heteroatoms. The molecule has 3 heterocycles. The third-order valence-electron chi connectivity index (χ3n) is 9.56. The standard InChI is InChI=1S/C48H30N6S/c1-5-15-31(16-6-1)43-49-44(32-17-7-2-8-18-32)52-47(51-43)37-27-36(35-25-26-42-40(30-35)39-23-13-14-24-41(39)55-42)28-38(29-37)48-53-45(33-19-9-3-10-20-33)50-46(54-48)34-21-11-4-12-22-34/h1-30H. The molecule has 0 spiro atoms. The summed E-state index contributed by atoms with van der Waals surface area (Å²) in [5.41, 5.74) is 7.35. The maximum Gasteiger partial charge on any atom is 0.164 e. The van der Waals surface area contributed by atoms with Crippen LogP contribution in [0.2, 0.25) is 0 Å². The van der Waals surface area contributed by atoms with Crippen molar-refractivity contribution in [2.75, 3.05) is 0 Å². The molecular formula is C48H30N6S. The SMILES string of the molecule is c1ccc(-c2nc(-c3ccccc3)nc(-c3cc(-c4ccc5sc6ccccc6c5c4)cc(-c4nc(-c5ccccc5)nc(-c5ccccc5)n4)c3)n2)cc1. The monoisotopic (exact) mass is 722 g/mol. The summed E-state index contributed by atoms with van der Waals surface area (Å²) in [5, 5.41) is 2.47. The molecule has 0 saturated heterocycles. The smallest absolute Gasteiger partial charge is 0.164 e. The van der Waals surface area contributed by atoms with E-state index in [0.717, 1.165) is 44.5 Å². The van der Waals surface area contributed by atoms with Crippen LogP contribution in [0, 0.1) is 0 Å². The van der Waals surface area contributed by atoms with Crippen LogP contribution in [0.25, 0.3) is 99.6 Å². The van der Waals surface area contributed by atoms with Crippen molar-refractivity contribution < 1.29 is 0 Å². The van der Waals surface area contributed by atoms with Gasteiger partial charge < -0.3 is 0 Å². The highest BCUT2D eigenvalue weighted by Crippen LogP contribution is 2.39. The van der Waals surface area contributed by atoms with Gasteiger partial charge in [0.05, 0.1) is 0 Å². The van der Waals surface area contributed by atoms with Crippen LogP contribution in [-0.4, -0.2) is 29.9 Å². The van der Waals surface area contributed by atoms with E-state index in [1.165, 1.54) is 20.2 Å². The number of rotatable bonds is 7. The quantitative estimate of drug-likeness (QED) is 0.163. The van der Waals surface area contributed by atoms with E-state index in [4.69, 9.17) is 29.9 Å². The predicted molar refractivity (Wildman–Crippen MR) is 224 cm³/mol. The normalized spacial score (nSPS) is 11.3. The molecule has 258 valence electrons. The number of benzene rings is 7. The molecule has 0 N–H and O–H groups in total. The highest BCUT2D eigenvalue weighted by molar-refractivity contribution is 7.25. The van der Waals surface area contributed by atoms with Crippen LogP contribution in [0.4, 0.5) is 0 Å². The minimum atomic E-state index is 0.554. The lowest BCUT2D eigenvalue weighted by Gasteiger charge is -2.13. The van der Waals surface area contributed by atoms with Crippen LogP contribution >= 0.6 is 11.3 Å². The highest BCUT2D eigenvalue weighted by Gasteiger charge is 2.18. The van der Waals surface area contributed by atoms with Crippen LogP contribution < -0.4 is 0 Å². The van der Waals surface area contributed by atoms with E-state index in [0.29, 0.717) is 34.9 Å². The summed E-state index contributed by atoms with van der Waals surface area (Å²) < 4.78 is 2.51. The van der Waals surface area contributed by atoms with Crippen LogP contribution in [0.5, 0.6) is 0 Å². The van der Waals surface area contributed by atoms with Crippen molar-refractivity contribution in [3.05, 3.63) is 182 Å². The van der Waals surface area contributed by atoms with Gasteiger partial charge in [-0.1, -0.05) is 146 Å². The number of aromatic nitrogens is 6. The molecule has 0 saturated carbocycles. The van der Waals surface area contributed by atoms with E-state index < -0.39 is 0 Å². The molecule has 55 heavy (non-hydrogen) atoms. The topological polar surface area (TPSA) is 77.3 Å². The average molecular weight is 723 g/mol. The summed E-state index contributed by atoms with van der Waals surface area (Å²) in [4.78, 5) is 30.3. The second kappa shape index (κ2) is 14.0. The summed E-state index contributed by atoms with van der Waals surface area (Å²) in [6.45, 7) is 0. The Hall–Kier alpha value is -7.22. The fraction of sp³-hybridized carbons (Fsp3) is 0. The molecular weight excluding hydrogens is 693 g/mol. The van der Waals surface area contributed by atoms with E-state index in [-0.39, 0.29) is 0 Å². The van der Waals surface area contributed by atoms with Gasteiger partial charge in [0, 0.05) is 53.6 Å². The minimum absolute atomic E-state index is 0.554. The maximum atomic E-state index is 5.11. The number of fused-ring (bicyclic) bond motifs is 3. The molecule has 0 bridgehead atoms. The summed E-state index contributed by atoms with van der Waals surface area (Å²) in [6, 6.07) is 61.9.